The third-order valence-electron chi connectivity index (χ3n) is 7.42. The number of carboxylic acid groups (broad SMARTS) is 3. The van der Waals surface area contributed by atoms with Gasteiger partial charge in [0, 0.05) is 13.5 Å². The van der Waals surface area contributed by atoms with Crippen LogP contribution in [0, 0.1) is 30.6 Å². The van der Waals surface area contributed by atoms with Crippen molar-refractivity contribution >= 4 is 45.5 Å². The zero-order chi connectivity index (χ0) is 45.3. The summed E-state index contributed by atoms with van der Waals surface area (Å²) in [7, 11) is 1.00. The number of hydrazone groups is 2. The molecular weight excluding hydrogens is 944 g/mol. The Morgan fingerprint density at radius 1 is 0.862 bits per heavy atom. The van der Waals surface area contributed by atoms with Gasteiger partial charge >= 0.3 is 191 Å². The summed E-state index contributed by atoms with van der Waals surface area (Å²) < 4.78 is 1.06. The number of nitrogens with zero attached hydrogens (tertiary/aromatic N) is 4. The van der Waals surface area contributed by atoms with Gasteiger partial charge in [-0.3, -0.25) is 14.5 Å². The number of rotatable bonds is 22. The van der Waals surface area contributed by atoms with Crippen LogP contribution >= 0.6 is 0 Å². The molecule has 1 aliphatic rings. The molecule has 0 radical (unpaired) electrons. The first kappa shape index (κ1) is 61.1. The van der Waals surface area contributed by atoms with E-state index in [0.29, 0.717) is 50.8 Å². The van der Waals surface area contributed by atoms with Crippen molar-refractivity contribution < 1.29 is 69.1 Å². The molecule has 7 N–H and O–H groups in total. The number of aliphatic hydroxyl groups excluding tert-OH is 1. The number of unbranched alkanes of at least 4 members (excludes halogenated alkanes) is 2. The van der Waals surface area contributed by atoms with Gasteiger partial charge in [0.25, 0.3) is 6.47 Å². The maximum Gasteiger partial charge on any atom is 0.317 e. The number of hydrogen-bond donors (Lipinski definition) is 7. The second-order valence-electron chi connectivity index (χ2n) is 13.4. The van der Waals surface area contributed by atoms with E-state index in [2.05, 4.69) is 61.0 Å². The number of hydrogen-bond acceptors (Lipinski definition) is 12. The molecule has 0 aliphatic carbocycles. The van der Waals surface area contributed by atoms with Crippen molar-refractivity contribution in [3.63, 3.8) is 0 Å². The fraction of sp³-hybridized carbons (Fsp3) is 0.683. The minimum atomic E-state index is -0.982. The average molecular weight is 1020 g/mol. The molecule has 58 heavy (non-hydrogen) atoms. The van der Waals surface area contributed by atoms with Crippen LogP contribution in [0.5, 0.6) is 0 Å². The number of carbonyl (C=O) groups excluding carboxylic acids is 2. The first-order chi connectivity index (χ1) is 27.6. The summed E-state index contributed by atoms with van der Waals surface area (Å²) in [6.45, 7) is 20.7. The van der Waals surface area contributed by atoms with Crippen LogP contribution in [0.4, 0.5) is 0 Å². The molecule has 0 saturated carbocycles. The topological polar surface area (TPSA) is 234 Å². The van der Waals surface area contributed by atoms with E-state index in [1.54, 1.807) is 6.92 Å². The second kappa shape index (κ2) is 43.1. The molecule has 1 heterocycles. The maximum atomic E-state index is 12.6. The number of carboxylic acids is 2. The van der Waals surface area contributed by atoms with Crippen molar-refractivity contribution in [2.75, 3.05) is 39.8 Å². The van der Waals surface area contributed by atoms with Crippen LogP contribution in [0.1, 0.15) is 138 Å². The molecule has 0 bridgehead atoms. The van der Waals surface area contributed by atoms with E-state index in [4.69, 9.17) is 20.1 Å². The fourth-order valence-corrected chi connectivity index (χ4v) is 5.92. The zero-order valence-corrected chi connectivity index (χ0v) is 39.8. The normalized spacial score (nSPS) is 11.6. The number of nitrogens with one attached hydrogen (secondary N) is 3. The number of carbonyl (C=O) groups is 5. The zero-order valence-electron chi connectivity index (χ0n) is 36.9. The Kier molecular flexibility index (Phi) is 45.4. The molecule has 1 unspecified atom stereocenters. The quantitative estimate of drug-likeness (QED) is 0.0603. The van der Waals surface area contributed by atoms with Gasteiger partial charge in [0.1, 0.15) is 6.29 Å². The molecule has 1 aromatic carbocycles. The van der Waals surface area contributed by atoms with Crippen molar-refractivity contribution in [1.29, 1.82) is 0 Å². The molecule has 1 amide bonds. The molecular formula is C41H76AtN7O9. The molecule has 0 spiro atoms. The van der Waals surface area contributed by atoms with E-state index in [1.807, 2.05) is 48.8 Å². The molecule has 0 fully saturated rings. The number of amidine groups is 2. The average Bonchev–Trinajstić information content (AvgIpc) is 3.17. The van der Waals surface area contributed by atoms with Crippen molar-refractivity contribution in [3.8, 4) is 0 Å². The standard InChI is InChI=1S/C25H38AtN7O5.C8H18.C3H6O.C3H8.CH2O2.CH4O/c1-4-8-32(16-23(35)36)10-11-33(9-5-2)21(25(37)38)6-7-22(34)27-15-18-12-19(14-20(26)13-18)24-30-28-17(3)29-31-24;1-4-5-6-7-8(2)3;1-2-3-4;1-3-2;2-1-3;1-2/h12-14,21H,4-11,15-16H2,1-3H3,(H,27,34)(H,28,29)(H,30,31)(H,35,36)(H,37,38);8H,4-7H2,1-3H3;3H,2H2,1H3;3H2,1-2H3;1H,(H,2,3);2H,1H3. The van der Waals surface area contributed by atoms with Crippen LogP contribution in [-0.4, -0.2) is 118 Å². The van der Waals surface area contributed by atoms with Crippen LogP contribution in [0.15, 0.2) is 28.4 Å². The Morgan fingerprint density at radius 3 is 1.90 bits per heavy atom. The summed E-state index contributed by atoms with van der Waals surface area (Å²) in [6, 6.07) is 5.08. The van der Waals surface area contributed by atoms with Crippen LogP contribution in [0.2, 0.25) is 0 Å². The Balaban J connectivity index is -0.000000604. The Morgan fingerprint density at radius 2 is 1.45 bits per heavy atom. The maximum absolute atomic E-state index is 12.6. The van der Waals surface area contributed by atoms with Gasteiger partial charge in [-0.05, 0) is 18.9 Å². The summed E-state index contributed by atoms with van der Waals surface area (Å²) in [6.07, 6.45) is 10.2. The van der Waals surface area contributed by atoms with Gasteiger partial charge in [-0.1, -0.05) is 87.5 Å². The summed E-state index contributed by atoms with van der Waals surface area (Å²) in [5.74, 6) is 0.0349. The van der Waals surface area contributed by atoms with E-state index in [0.717, 1.165) is 46.6 Å². The van der Waals surface area contributed by atoms with Crippen molar-refractivity contribution in [2.45, 2.75) is 139 Å². The Labute approximate surface area is 363 Å². The molecule has 1 atom stereocenters. The van der Waals surface area contributed by atoms with Gasteiger partial charge in [-0.2, -0.15) is 0 Å². The van der Waals surface area contributed by atoms with Crippen LogP contribution in [0.25, 0.3) is 0 Å². The van der Waals surface area contributed by atoms with Crippen molar-refractivity contribution in [1.82, 2.24) is 26.0 Å². The van der Waals surface area contributed by atoms with Crippen molar-refractivity contribution in [3.05, 3.63) is 29.3 Å². The Bertz CT molecular complexity index is 1280. The van der Waals surface area contributed by atoms with E-state index >= 15 is 0 Å². The number of aliphatic carboxylic acids is 2. The number of aliphatic hydroxyl groups is 1. The molecule has 2 rings (SSSR count). The van der Waals surface area contributed by atoms with Gasteiger partial charge in [-0.15, -0.1) is 0 Å². The van der Waals surface area contributed by atoms with E-state index < -0.39 is 18.0 Å². The molecule has 0 aromatic heterocycles. The monoisotopic (exact) mass is 1020 g/mol. The summed E-state index contributed by atoms with van der Waals surface area (Å²) in [5.41, 5.74) is 7.49. The first-order valence-electron chi connectivity index (χ1n) is 20.2. The summed E-state index contributed by atoms with van der Waals surface area (Å²) in [4.78, 5) is 57.1. The SMILES string of the molecule is CCC.CCC=O.CCCCCC(C)C.CCCN(CCN(CCC)C(CCC(=O)NCc1cc([At])cc(C2=NNC(C)=NN2)c1)C(=O)O)CC(=O)O.CO.O=CO. The van der Waals surface area contributed by atoms with E-state index in [9.17, 15) is 24.3 Å². The molecule has 1 aliphatic heterocycles. The van der Waals surface area contributed by atoms with Gasteiger partial charge in [0.2, 0.25) is 0 Å². The number of aldehydes is 1. The van der Waals surface area contributed by atoms with Crippen LogP contribution < -0.4 is 19.4 Å². The first-order valence-corrected chi connectivity index (χ1v) is 21.7. The van der Waals surface area contributed by atoms with Gasteiger partial charge < -0.3 is 20.1 Å². The summed E-state index contributed by atoms with van der Waals surface area (Å²) in [5, 5.41) is 44.2. The third-order valence-corrected chi connectivity index (χ3v) is 8.26. The molecule has 16 nitrogen and oxygen atoms in total. The third kappa shape index (κ3) is 36.8. The van der Waals surface area contributed by atoms with E-state index in [-0.39, 0.29) is 31.8 Å². The van der Waals surface area contributed by atoms with Crippen molar-refractivity contribution in [2.24, 2.45) is 16.1 Å². The molecule has 17 heteroatoms. The fourth-order valence-electron chi connectivity index (χ4n) is 4.92. The van der Waals surface area contributed by atoms with E-state index in [1.165, 1.54) is 56.8 Å². The minimum absolute atomic E-state index is 0.0688. The largest absolute Gasteiger partial charge is 0.483 e. The van der Waals surface area contributed by atoms with Gasteiger partial charge in [0.15, 0.2) is 0 Å². The smallest absolute Gasteiger partial charge is 0.317 e. The number of benzene rings is 1. The summed E-state index contributed by atoms with van der Waals surface area (Å²) >= 11 is 1.50. The minimum Gasteiger partial charge on any atom is -0.483 e. The number of amides is 1. The second-order valence-corrected chi connectivity index (χ2v) is 15.1. The molecule has 1 aromatic rings. The molecule has 0 saturated heterocycles. The van der Waals surface area contributed by atoms with Gasteiger partial charge in [-0.25, -0.2) is 0 Å². The van der Waals surface area contributed by atoms with Crippen LogP contribution in [-0.2, 0) is 30.5 Å². The van der Waals surface area contributed by atoms with Crippen LogP contribution in [0.3, 0.4) is 0 Å². The molecule has 336 valence electrons. The predicted molar refractivity (Wildman–Crippen MR) is 229 cm³/mol. The van der Waals surface area contributed by atoms with Gasteiger partial charge in [0.05, 0.1) is 6.54 Å². The predicted octanol–water partition coefficient (Wildman–Crippen LogP) is 4.95. The Hall–Kier alpha value is -3.53.